The first-order valence-electron chi connectivity index (χ1n) is 6.62. The van der Waals surface area contributed by atoms with Gasteiger partial charge in [-0.25, -0.2) is 0 Å². The highest BCUT2D eigenvalue weighted by Gasteiger charge is 2.31. The number of amides is 1. The molecule has 5 heteroatoms. The van der Waals surface area contributed by atoms with Crippen molar-refractivity contribution >= 4 is 5.91 Å². The quantitative estimate of drug-likeness (QED) is 0.809. The van der Waals surface area contributed by atoms with Gasteiger partial charge in [0, 0.05) is 38.2 Å². The summed E-state index contributed by atoms with van der Waals surface area (Å²) >= 11 is 0. The van der Waals surface area contributed by atoms with Crippen molar-refractivity contribution in [3.05, 3.63) is 18.0 Å². The van der Waals surface area contributed by atoms with Crippen molar-refractivity contribution in [1.82, 2.24) is 15.1 Å². The largest absolute Gasteiger partial charge is 0.356 e. The monoisotopic (exact) mass is 250 g/mol. The first-order valence-corrected chi connectivity index (χ1v) is 6.62. The molecule has 2 rings (SSSR count). The number of nitrogens with one attached hydrogen (secondary N) is 1. The van der Waals surface area contributed by atoms with Gasteiger partial charge in [-0.1, -0.05) is 12.8 Å². The van der Waals surface area contributed by atoms with Gasteiger partial charge in [0.25, 0.3) is 0 Å². The summed E-state index contributed by atoms with van der Waals surface area (Å²) in [6.07, 6.45) is 7.38. The number of hydrogen-bond acceptors (Lipinski definition) is 3. The van der Waals surface area contributed by atoms with Crippen molar-refractivity contribution in [1.29, 1.82) is 0 Å². The summed E-state index contributed by atoms with van der Waals surface area (Å²) in [5, 5.41) is 7.19. The SMILES string of the molecule is Cn1ccc(CCNC(=O)CC2(N)CCCC2)n1. The molecule has 0 bridgehead atoms. The van der Waals surface area contributed by atoms with Gasteiger partial charge in [-0.2, -0.15) is 5.10 Å². The van der Waals surface area contributed by atoms with Crippen LogP contribution in [0.4, 0.5) is 0 Å². The number of nitrogens with two attached hydrogens (primary N) is 1. The zero-order chi connectivity index (χ0) is 13.0. The molecule has 1 aliphatic carbocycles. The van der Waals surface area contributed by atoms with E-state index in [1.165, 1.54) is 0 Å². The molecule has 1 aromatic heterocycles. The first kappa shape index (κ1) is 13.1. The van der Waals surface area contributed by atoms with E-state index in [4.69, 9.17) is 5.73 Å². The van der Waals surface area contributed by atoms with Gasteiger partial charge < -0.3 is 11.1 Å². The molecule has 0 saturated heterocycles. The maximum Gasteiger partial charge on any atom is 0.221 e. The van der Waals surface area contributed by atoms with E-state index in [1.54, 1.807) is 4.68 Å². The molecule has 1 aliphatic rings. The topological polar surface area (TPSA) is 72.9 Å². The van der Waals surface area contributed by atoms with Gasteiger partial charge in [0.05, 0.1) is 5.69 Å². The highest BCUT2D eigenvalue weighted by molar-refractivity contribution is 5.77. The summed E-state index contributed by atoms with van der Waals surface area (Å²) in [5.74, 6) is 0.0651. The van der Waals surface area contributed by atoms with Crippen molar-refractivity contribution in [3.8, 4) is 0 Å². The molecule has 0 spiro atoms. The Bertz CT molecular complexity index is 407. The molecule has 18 heavy (non-hydrogen) atoms. The predicted molar refractivity (Wildman–Crippen MR) is 69.9 cm³/mol. The van der Waals surface area contributed by atoms with Gasteiger partial charge in [0.1, 0.15) is 0 Å². The molecule has 100 valence electrons. The number of aryl methyl sites for hydroxylation is 1. The van der Waals surface area contributed by atoms with E-state index in [9.17, 15) is 4.79 Å². The van der Waals surface area contributed by atoms with E-state index < -0.39 is 0 Å². The summed E-state index contributed by atoms with van der Waals surface area (Å²) in [7, 11) is 1.89. The Labute approximate surface area is 108 Å². The van der Waals surface area contributed by atoms with Crippen molar-refractivity contribution in [3.63, 3.8) is 0 Å². The lowest BCUT2D eigenvalue weighted by molar-refractivity contribution is -0.122. The molecule has 0 aliphatic heterocycles. The fourth-order valence-electron chi connectivity index (χ4n) is 2.56. The fourth-order valence-corrected chi connectivity index (χ4v) is 2.56. The lowest BCUT2D eigenvalue weighted by Gasteiger charge is -2.22. The third kappa shape index (κ3) is 3.57. The molecule has 1 amide bonds. The van der Waals surface area contributed by atoms with Crippen LogP contribution in [-0.2, 0) is 18.3 Å². The molecule has 0 atom stereocenters. The zero-order valence-electron chi connectivity index (χ0n) is 11.0. The summed E-state index contributed by atoms with van der Waals surface area (Å²) < 4.78 is 1.77. The average Bonchev–Trinajstić information content (AvgIpc) is 2.88. The summed E-state index contributed by atoms with van der Waals surface area (Å²) in [4.78, 5) is 11.8. The third-order valence-electron chi connectivity index (χ3n) is 3.58. The Balaban J connectivity index is 1.68. The Morgan fingerprint density at radius 1 is 1.56 bits per heavy atom. The Morgan fingerprint density at radius 2 is 2.28 bits per heavy atom. The van der Waals surface area contributed by atoms with Crippen LogP contribution in [0, 0.1) is 0 Å². The van der Waals surface area contributed by atoms with Gasteiger partial charge in [0.15, 0.2) is 0 Å². The van der Waals surface area contributed by atoms with E-state index >= 15 is 0 Å². The van der Waals surface area contributed by atoms with E-state index in [-0.39, 0.29) is 11.4 Å². The molecule has 1 heterocycles. The first-order chi connectivity index (χ1) is 8.57. The summed E-state index contributed by atoms with van der Waals surface area (Å²) in [6, 6.07) is 1.97. The van der Waals surface area contributed by atoms with E-state index in [0.717, 1.165) is 37.8 Å². The van der Waals surface area contributed by atoms with Crippen LogP contribution in [0.25, 0.3) is 0 Å². The minimum Gasteiger partial charge on any atom is -0.356 e. The lowest BCUT2D eigenvalue weighted by Crippen LogP contribution is -2.42. The number of aromatic nitrogens is 2. The number of carbonyl (C=O) groups is 1. The van der Waals surface area contributed by atoms with Crippen molar-refractivity contribution in [2.24, 2.45) is 12.8 Å². The maximum atomic E-state index is 11.8. The molecule has 1 aromatic rings. The minimum absolute atomic E-state index is 0.0651. The Kier molecular flexibility index (Phi) is 4.01. The molecule has 0 radical (unpaired) electrons. The van der Waals surface area contributed by atoms with Crippen molar-refractivity contribution in [2.75, 3.05) is 6.54 Å². The molecule has 1 saturated carbocycles. The maximum absolute atomic E-state index is 11.8. The lowest BCUT2D eigenvalue weighted by atomic mass is 9.94. The minimum atomic E-state index is -0.255. The van der Waals surface area contributed by atoms with Crippen LogP contribution in [0.3, 0.4) is 0 Å². The van der Waals surface area contributed by atoms with Gasteiger partial charge in [-0.3, -0.25) is 9.48 Å². The molecule has 5 nitrogen and oxygen atoms in total. The van der Waals surface area contributed by atoms with E-state index in [2.05, 4.69) is 10.4 Å². The molecule has 1 fully saturated rings. The average molecular weight is 250 g/mol. The number of nitrogens with zero attached hydrogens (tertiary/aromatic N) is 2. The number of rotatable bonds is 5. The second kappa shape index (κ2) is 5.52. The molecule has 0 unspecified atom stereocenters. The molecule has 0 aromatic carbocycles. The van der Waals surface area contributed by atoms with E-state index in [0.29, 0.717) is 13.0 Å². The van der Waals surface area contributed by atoms with Crippen LogP contribution < -0.4 is 11.1 Å². The van der Waals surface area contributed by atoms with Crippen LogP contribution in [0.2, 0.25) is 0 Å². The van der Waals surface area contributed by atoms with Crippen LogP contribution in [-0.4, -0.2) is 27.8 Å². The molecular weight excluding hydrogens is 228 g/mol. The van der Waals surface area contributed by atoms with Crippen LogP contribution in [0.5, 0.6) is 0 Å². The smallest absolute Gasteiger partial charge is 0.221 e. The summed E-state index contributed by atoms with van der Waals surface area (Å²) in [5.41, 5.74) is 6.92. The normalized spacial score (nSPS) is 17.9. The van der Waals surface area contributed by atoms with Gasteiger partial charge in [-0.05, 0) is 18.9 Å². The van der Waals surface area contributed by atoms with E-state index in [1.807, 2.05) is 19.3 Å². The van der Waals surface area contributed by atoms with Gasteiger partial charge in [0.2, 0.25) is 5.91 Å². The standard InChI is InChI=1S/C13H22N4O/c1-17-9-5-11(16-17)4-8-15-12(18)10-13(14)6-2-3-7-13/h5,9H,2-4,6-8,10,14H2,1H3,(H,15,18). The van der Waals surface area contributed by atoms with Gasteiger partial charge in [-0.15, -0.1) is 0 Å². The molecule has 3 N–H and O–H groups in total. The van der Waals surface area contributed by atoms with Crippen LogP contribution >= 0.6 is 0 Å². The number of hydrogen-bond donors (Lipinski definition) is 2. The highest BCUT2D eigenvalue weighted by Crippen LogP contribution is 2.29. The van der Waals surface area contributed by atoms with Crippen LogP contribution in [0.1, 0.15) is 37.8 Å². The highest BCUT2D eigenvalue weighted by atomic mass is 16.1. The van der Waals surface area contributed by atoms with Crippen molar-refractivity contribution < 1.29 is 4.79 Å². The Morgan fingerprint density at radius 3 is 2.89 bits per heavy atom. The Hall–Kier alpha value is -1.36. The van der Waals surface area contributed by atoms with Crippen molar-refractivity contribution in [2.45, 2.75) is 44.1 Å². The van der Waals surface area contributed by atoms with Crippen LogP contribution in [0.15, 0.2) is 12.3 Å². The molecular formula is C13H22N4O. The zero-order valence-corrected chi connectivity index (χ0v) is 11.0. The second-order valence-corrected chi connectivity index (χ2v) is 5.33. The predicted octanol–water partition coefficient (Wildman–Crippen LogP) is 0.740. The fraction of sp³-hybridized carbons (Fsp3) is 0.692. The second-order valence-electron chi connectivity index (χ2n) is 5.33. The summed E-state index contributed by atoms with van der Waals surface area (Å²) in [6.45, 7) is 0.631. The van der Waals surface area contributed by atoms with Gasteiger partial charge >= 0.3 is 0 Å². The third-order valence-corrected chi connectivity index (χ3v) is 3.58. The number of carbonyl (C=O) groups excluding carboxylic acids is 1.